The molecule has 6 rings (SSSR count). The largest absolute Gasteiger partial charge is 0.449 e. The number of pyridine rings is 1. The summed E-state index contributed by atoms with van der Waals surface area (Å²) in [7, 11) is 1.80. The molecular weight excluding hydrogens is 496 g/mol. The van der Waals surface area contributed by atoms with Crippen LogP contribution in [0, 0.1) is 0 Å². The van der Waals surface area contributed by atoms with Crippen LogP contribution in [-0.4, -0.2) is 35.2 Å². The lowest BCUT2D eigenvalue weighted by Crippen LogP contribution is -2.21. The number of nitrogens with zero attached hydrogens (tertiary/aromatic N) is 5. The van der Waals surface area contributed by atoms with E-state index in [-0.39, 0.29) is 17.6 Å². The van der Waals surface area contributed by atoms with E-state index < -0.39 is 5.56 Å². The van der Waals surface area contributed by atoms with Crippen LogP contribution in [0.3, 0.4) is 0 Å². The van der Waals surface area contributed by atoms with Gasteiger partial charge in [-0.2, -0.15) is 10.1 Å². The molecule has 0 bridgehead atoms. The minimum atomic E-state index is -0.440. The van der Waals surface area contributed by atoms with E-state index in [2.05, 4.69) is 37.3 Å². The number of hydrogen-bond acceptors (Lipinski definition) is 7. The molecule has 11 heteroatoms. The number of carbonyl (C=O) groups is 1. The van der Waals surface area contributed by atoms with Crippen molar-refractivity contribution >= 4 is 45.2 Å². The van der Waals surface area contributed by atoms with Crippen LogP contribution in [-0.2, 0) is 11.8 Å². The zero-order valence-electron chi connectivity index (χ0n) is 20.8. The van der Waals surface area contributed by atoms with E-state index in [0.29, 0.717) is 33.8 Å². The number of amides is 1. The number of benzene rings is 2. The van der Waals surface area contributed by atoms with Crippen LogP contribution in [0.5, 0.6) is 11.5 Å². The molecule has 0 saturated carbocycles. The first-order valence-electron chi connectivity index (χ1n) is 11.9. The predicted octanol–water partition coefficient (Wildman–Crippen LogP) is 4.66. The lowest BCUT2D eigenvalue weighted by molar-refractivity contribution is -0.111. The number of carbonyl (C=O) groups excluding carboxylic acids is 1. The molecule has 6 aromatic rings. The first-order valence-corrected chi connectivity index (χ1v) is 11.9. The second kappa shape index (κ2) is 9.63. The lowest BCUT2D eigenvalue weighted by Gasteiger charge is -2.15. The van der Waals surface area contributed by atoms with Crippen molar-refractivity contribution in [2.24, 2.45) is 7.05 Å². The number of aromatic nitrogens is 6. The Labute approximate surface area is 221 Å². The summed E-state index contributed by atoms with van der Waals surface area (Å²) in [4.78, 5) is 38.1. The zero-order chi connectivity index (χ0) is 26.9. The van der Waals surface area contributed by atoms with E-state index in [9.17, 15) is 9.59 Å². The molecule has 39 heavy (non-hydrogen) atoms. The van der Waals surface area contributed by atoms with Gasteiger partial charge in [0.2, 0.25) is 11.9 Å². The molecule has 0 saturated heterocycles. The van der Waals surface area contributed by atoms with Crippen molar-refractivity contribution in [3.05, 3.63) is 102 Å². The summed E-state index contributed by atoms with van der Waals surface area (Å²) in [5.41, 5.74) is 2.33. The van der Waals surface area contributed by atoms with E-state index in [1.165, 1.54) is 10.6 Å². The molecule has 0 atom stereocenters. The molecule has 4 heterocycles. The van der Waals surface area contributed by atoms with Gasteiger partial charge in [0.1, 0.15) is 0 Å². The predicted molar refractivity (Wildman–Crippen MR) is 149 cm³/mol. The van der Waals surface area contributed by atoms with Crippen molar-refractivity contribution in [1.82, 2.24) is 29.3 Å². The van der Waals surface area contributed by atoms with Gasteiger partial charge in [0, 0.05) is 42.1 Å². The highest BCUT2D eigenvalue weighted by Gasteiger charge is 2.17. The molecular formula is C28H22N8O3. The second-order valence-corrected chi connectivity index (χ2v) is 8.69. The Hall–Kier alpha value is -5.71. The van der Waals surface area contributed by atoms with E-state index in [4.69, 9.17) is 4.74 Å². The fourth-order valence-electron chi connectivity index (χ4n) is 4.24. The molecule has 192 valence electrons. The molecule has 0 aliphatic carbocycles. The minimum absolute atomic E-state index is 0.0849. The van der Waals surface area contributed by atoms with Gasteiger partial charge >= 0.3 is 0 Å². The Bertz CT molecular complexity index is 1930. The van der Waals surface area contributed by atoms with Crippen LogP contribution < -0.4 is 20.9 Å². The van der Waals surface area contributed by atoms with E-state index in [0.717, 1.165) is 10.9 Å². The summed E-state index contributed by atoms with van der Waals surface area (Å²) in [5.74, 6) is 0.500. The fraction of sp³-hybridized carbons (Fsp3) is 0.0357. The van der Waals surface area contributed by atoms with Gasteiger partial charge in [-0.25, -0.2) is 4.98 Å². The van der Waals surface area contributed by atoms with Gasteiger partial charge in [-0.05, 0) is 42.5 Å². The lowest BCUT2D eigenvalue weighted by atomic mass is 10.2. The summed E-state index contributed by atoms with van der Waals surface area (Å²) >= 11 is 0. The van der Waals surface area contributed by atoms with Crippen LogP contribution in [0.1, 0.15) is 0 Å². The van der Waals surface area contributed by atoms with E-state index >= 15 is 0 Å². The van der Waals surface area contributed by atoms with Gasteiger partial charge in [0.05, 0.1) is 23.1 Å². The first-order chi connectivity index (χ1) is 19.0. The first kappa shape index (κ1) is 23.7. The molecule has 3 N–H and O–H groups in total. The maximum absolute atomic E-state index is 14.0. The smallest absolute Gasteiger partial charge is 0.299 e. The maximum Gasteiger partial charge on any atom is 0.299 e. The molecule has 11 nitrogen and oxygen atoms in total. The summed E-state index contributed by atoms with van der Waals surface area (Å²) in [6.07, 6.45) is 8.02. The number of fused-ring (bicyclic) bond motifs is 2. The van der Waals surface area contributed by atoms with Gasteiger partial charge < -0.3 is 20.4 Å². The van der Waals surface area contributed by atoms with Gasteiger partial charge in [0.25, 0.3) is 5.56 Å². The molecule has 0 fully saturated rings. The number of hydrogen-bond donors (Lipinski definition) is 3. The summed E-state index contributed by atoms with van der Waals surface area (Å²) < 4.78 is 9.24. The molecule has 0 aliphatic heterocycles. The number of anilines is 3. The highest BCUT2D eigenvalue weighted by atomic mass is 16.5. The third-order valence-corrected chi connectivity index (χ3v) is 6.00. The van der Waals surface area contributed by atoms with Gasteiger partial charge in [0.15, 0.2) is 17.1 Å². The third-order valence-electron chi connectivity index (χ3n) is 6.00. The molecule has 2 aromatic carbocycles. The van der Waals surface area contributed by atoms with Gasteiger partial charge in [-0.15, -0.1) is 0 Å². The molecule has 1 amide bonds. The van der Waals surface area contributed by atoms with E-state index in [1.54, 1.807) is 66.7 Å². The molecule has 0 aliphatic rings. The zero-order valence-corrected chi connectivity index (χ0v) is 20.8. The normalized spacial score (nSPS) is 11.0. The molecule has 0 unspecified atom stereocenters. The fourth-order valence-corrected chi connectivity index (χ4v) is 4.24. The van der Waals surface area contributed by atoms with Gasteiger partial charge in [-0.1, -0.05) is 24.8 Å². The van der Waals surface area contributed by atoms with Crippen LogP contribution in [0.15, 0.2) is 96.8 Å². The number of ether oxygens (including phenoxy) is 1. The molecule has 0 radical (unpaired) electrons. The number of para-hydroxylation sites is 1. The SMILES string of the molecule is C=CC(=O)Nc1cccc(-n2c(=O)c(Oc3cccc4cc[nH]c34)cc3cnc(Nc4cnn(C)c4)nc32)c1. The summed E-state index contributed by atoms with van der Waals surface area (Å²) in [6.45, 7) is 3.49. The number of rotatable bonds is 7. The van der Waals surface area contributed by atoms with Crippen molar-refractivity contribution in [2.45, 2.75) is 0 Å². The molecule has 0 spiro atoms. The second-order valence-electron chi connectivity index (χ2n) is 8.69. The number of nitrogens with one attached hydrogen (secondary N) is 3. The number of aryl methyl sites for hydroxylation is 1. The third kappa shape index (κ3) is 4.60. The maximum atomic E-state index is 14.0. The Morgan fingerprint density at radius 3 is 2.74 bits per heavy atom. The Morgan fingerprint density at radius 2 is 1.92 bits per heavy atom. The van der Waals surface area contributed by atoms with Crippen molar-refractivity contribution in [2.75, 3.05) is 10.6 Å². The summed E-state index contributed by atoms with van der Waals surface area (Å²) in [6, 6.07) is 16.0. The summed E-state index contributed by atoms with van der Waals surface area (Å²) in [5, 5.41) is 11.5. The van der Waals surface area contributed by atoms with Crippen LogP contribution >= 0.6 is 0 Å². The van der Waals surface area contributed by atoms with Crippen molar-refractivity contribution in [3.63, 3.8) is 0 Å². The highest BCUT2D eigenvalue weighted by Crippen LogP contribution is 2.30. The Morgan fingerprint density at radius 1 is 1.05 bits per heavy atom. The average molecular weight is 519 g/mol. The molecule has 4 aromatic heterocycles. The topological polar surface area (TPSA) is 132 Å². The monoisotopic (exact) mass is 518 g/mol. The Balaban J connectivity index is 1.52. The van der Waals surface area contributed by atoms with Crippen molar-refractivity contribution in [3.8, 4) is 17.2 Å². The van der Waals surface area contributed by atoms with E-state index in [1.807, 2.05) is 24.4 Å². The van der Waals surface area contributed by atoms with Crippen LogP contribution in [0.25, 0.3) is 27.6 Å². The van der Waals surface area contributed by atoms with Crippen LogP contribution in [0.4, 0.5) is 17.3 Å². The standard InChI is InChI=1S/C28H22N8O3/c1-3-24(37)32-19-7-5-8-21(13-19)36-26-18(14-30-28(34-26)33-20-15-31-35(2)16-20)12-23(27(36)38)39-22-9-4-6-17-10-11-29-25(17)22/h3-16,29H,1H2,2H3,(H,32,37)(H,30,33,34). The minimum Gasteiger partial charge on any atom is -0.449 e. The highest BCUT2D eigenvalue weighted by molar-refractivity contribution is 5.99. The van der Waals surface area contributed by atoms with Crippen molar-refractivity contribution < 1.29 is 9.53 Å². The van der Waals surface area contributed by atoms with Crippen molar-refractivity contribution in [1.29, 1.82) is 0 Å². The quantitative estimate of drug-likeness (QED) is 0.262. The number of aromatic amines is 1. The average Bonchev–Trinajstić information content (AvgIpc) is 3.58. The number of H-pyrrole nitrogens is 1. The van der Waals surface area contributed by atoms with Crippen LogP contribution in [0.2, 0.25) is 0 Å². The Kier molecular flexibility index (Phi) is 5.85. The van der Waals surface area contributed by atoms with Gasteiger partial charge in [-0.3, -0.25) is 18.8 Å².